The zero-order valence-corrected chi connectivity index (χ0v) is 12.3. The fourth-order valence-corrected chi connectivity index (χ4v) is 2.43. The van der Waals surface area contributed by atoms with Crippen LogP contribution in [0.25, 0.3) is 0 Å². The summed E-state index contributed by atoms with van der Waals surface area (Å²) in [5.74, 6) is 0.421. The Morgan fingerprint density at radius 2 is 1.83 bits per heavy atom. The van der Waals surface area contributed by atoms with E-state index in [2.05, 4.69) is 32.8 Å². The Kier molecular flexibility index (Phi) is 6.41. The van der Waals surface area contributed by atoms with E-state index in [1.807, 2.05) is 16.9 Å². The highest BCUT2D eigenvalue weighted by molar-refractivity contribution is 5.01. The smallest absolute Gasteiger partial charge is 0.0650 e. The summed E-state index contributed by atoms with van der Waals surface area (Å²) in [4.78, 5) is 0. The van der Waals surface area contributed by atoms with Gasteiger partial charge in [-0.3, -0.25) is 4.68 Å². The van der Waals surface area contributed by atoms with Gasteiger partial charge < -0.3 is 5.11 Å². The molecule has 1 aromatic heterocycles. The standard InChI is InChI=1S/C15H28N2O/c1-5-7-13(8-6-2)15(18)11-14-9-10-17(16-14)12(3)4/h9-10,12-13,15,18H,5-8,11H2,1-4H3. The van der Waals surface area contributed by atoms with Crippen LogP contribution in [0.5, 0.6) is 0 Å². The topological polar surface area (TPSA) is 38.0 Å². The number of aliphatic hydroxyl groups is 1. The van der Waals surface area contributed by atoms with Gasteiger partial charge in [0.2, 0.25) is 0 Å². The number of rotatable bonds is 8. The van der Waals surface area contributed by atoms with Crippen LogP contribution in [-0.2, 0) is 6.42 Å². The molecule has 104 valence electrons. The summed E-state index contributed by atoms with van der Waals surface area (Å²) >= 11 is 0. The maximum atomic E-state index is 10.3. The molecule has 0 aliphatic rings. The van der Waals surface area contributed by atoms with E-state index in [1.165, 1.54) is 0 Å². The van der Waals surface area contributed by atoms with Crippen LogP contribution >= 0.6 is 0 Å². The lowest BCUT2D eigenvalue weighted by molar-refractivity contribution is 0.0952. The zero-order valence-electron chi connectivity index (χ0n) is 12.3. The second-order valence-electron chi connectivity index (χ2n) is 5.49. The Bertz CT molecular complexity index is 327. The van der Waals surface area contributed by atoms with Crippen LogP contribution in [0, 0.1) is 5.92 Å². The molecule has 18 heavy (non-hydrogen) atoms. The molecule has 1 atom stereocenters. The van der Waals surface area contributed by atoms with Gasteiger partial charge in [-0.05, 0) is 38.7 Å². The maximum Gasteiger partial charge on any atom is 0.0650 e. The predicted octanol–water partition coefficient (Wildman–Crippen LogP) is 3.58. The van der Waals surface area contributed by atoms with Crippen molar-refractivity contribution in [1.29, 1.82) is 0 Å². The van der Waals surface area contributed by atoms with Crippen LogP contribution in [-0.4, -0.2) is 21.0 Å². The van der Waals surface area contributed by atoms with Gasteiger partial charge in [0.15, 0.2) is 0 Å². The number of nitrogens with zero attached hydrogens (tertiary/aromatic N) is 2. The van der Waals surface area contributed by atoms with Crippen LogP contribution < -0.4 is 0 Å². The number of aromatic nitrogens is 2. The van der Waals surface area contributed by atoms with E-state index in [0.717, 1.165) is 31.4 Å². The first-order valence-electron chi connectivity index (χ1n) is 7.30. The fourth-order valence-electron chi connectivity index (χ4n) is 2.43. The minimum absolute atomic E-state index is 0.250. The fraction of sp³-hybridized carbons (Fsp3) is 0.800. The molecule has 0 fully saturated rings. The maximum absolute atomic E-state index is 10.3. The molecule has 0 aliphatic heterocycles. The van der Waals surface area contributed by atoms with Crippen LogP contribution in [0.15, 0.2) is 12.3 Å². The van der Waals surface area contributed by atoms with Gasteiger partial charge in [-0.25, -0.2) is 0 Å². The monoisotopic (exact) mass is 252 g/mol. The van der Waals surface area contributed by atoms with E-state index in [4.69, 9.17) is 0 Å². The molecule has 0 radical (unpaired) electrons. The minimum Gasteiger partial charge on any atom is -0.392 e. The number of hydrogen-bond acceptors (Lipinski definition) is 2. The van der Waals surface area contributed by atoms with Gasteiger partial charge in [0.05, 0.1) is 11.8 Å². The van der Waals surface area contributed by atoms with Crippen LogP contribution in [0.4, 0.5) is 0 Å². The van der Waals surface area contributed by atoms with E-state index in [9.17, 15) is 5.11 Å². The molecule has 1 rings (SSSR count). The van der Waals surface area contributed by atoms with Gasteiger partial charge in [-0.2, -0.15) is 5.10 Å². The van der Waals surface area contributed by atoms with Gasteiger partial charge in [-0.1, -0.05) is 26.7 Å². The minimum atomic E-state index is -0.250. The molecule has 1 N–H and O–H groups in total. The summed E-state index contributed by atoms with van der Waals surface area (Å²) in [6.45, 7) is 8.60. The highest BCUT2D eigenvalue weighted by Gasteiger charge is 2.19. The van der Waals surface area contributed by atoms with Gasteiger partial charge >= 0.3 is 0 Å². The highest BCUT2D eigenvalue weighted by Crippen LogP contribution is 2.20. The molecule has 0 bridgehead atoms. The van der Waals surface area contributed by atoms with E-state index >= 15 is 0 Å². The molecule has 3 nitrogen and oxygen atoms in total. The molecule has 3 heteroatoms. The van der Waals surface area contributed by atoms with Gasteiger partial charge in [0.25, 0.3) is 0 Å². The quantitative estimate of drug-likeness (QED) is 0.768. The van der Waals surface area contributed by atoms with Crippen molar-refractivity contribution in [3.63, 3.8) is 0 Å². The lowest BCUT2D eigenvalue weighted by Gasteiger charge is -2.21. The molecule has 0 aliphatic carbocycles. The predicted molar refractivity (Wildman–Crippen MR) is 75.6 cm³/mol. The second kappa shape index (κ2) is 7.57. The molecule has 0 saturated heterocycles. The SMILES string of the molecule is CCCC(CCC)C(O)Cc1ccn(C(C)C)n1. The lowest BCUT2D eigenvalue weighted by atomic mass is 9.90. The summed E-state index contributed by atoms with van der Waals surface area (Å²) in [5.41, 5.74) is 1.01. The van der Waals surface area contributed by atoms with Crippen molar-refractivity contribution >= 4 is 0 Å². The van der Waals surface area contributed by atoms with E-state index < -0.39 is 0 Å². The first-order chi connectivity index (χ1) is 8.58. The van der Waals surface area contributed by atoms with E-state index in [0.29, 0.717) is 18.4 Å². The average Bonchev–Trinajstić information content (AvgIpc) is 2.77. The molecule has 1 heterocycles. The Hall–Kier alpha value is -0.830. The van der Waals surface area contributed by atoms with Crippen LogP contribution in [0.2, 0.25) is 0 Å². The van der Waals surface area contributed by atoms with Crippen LogP contribution in [0.1, 0.15) is 65.1 Å². The van der Waals surface area contributed by atoms with Crippen molar-refractivity contribution in [2.75, 3.05) is 0 Å². The van der Waals surface area contributed by atoms with Gasteiger partial charge in [-0.15, -0.1) is 0 Å². The first kappa shape index (κ1) is 15.2. The Balaban J connectivity index is 2.57. The Morgan fingerprint density at radius 1 is 1.22 bits per heavy atom. The summed E-state index contributed by atoms with van der Waals surface area (Å²) in [6, 6.07) is 2.41. The van der Waals surface area contributed by atoms with Crippen molar-refractivity contribution in [1.82, 2.24) is 9.78 Å². The van der Waals surface area contributed by atoms with Crippen molar-refractivity contribution in [3.05, 3.63) is 18.0 Å². The third-order valence-corrected chi connectivity index (χ3v) is 3.47. The molecular formula is C15H28N2O. The summed E-state index contributed by atoms with van der Waals surface area (Å²) < 4.78 is 1.96. The Labute approximate surface area is 111 Å². The van der Waals surface area contributed by atoms with Crippen molar-refractivity contribution < 1.29 is 5.11 Å². The molecule has 0 amide bonds. The molecule has 1 unspecified atom stereocenters. The zero-order chi connectivity index (χ0) is 13.5. The molecule has 0 saturated carbocycles. The molecule has 0 aromatic carbocycles. The molecular weight excluding hydrogens is 224 g/mol. The molecule has 0 spiro atoms. The van der Waals surface area contributed by atoms with E-state index in [1.54, 1.807) is 0 Å². The lowest BCUT2D eigenvalue weighted by Crippen LogP contribution is -2.23. The number of aliphatic hydroxyl groups excluding tert-OH is 1. The third-order valence-electron chi connectivity index (χ3n) is 3.47. The average molecular weight is 252 g/mol. The number of hydrogen-bond donors (Lipinski definition) is 1. The Morgan fingerprint density at radius 3 is 2.28 bits per heavy atom. The first-order valence-corrected chi connectivity index (χ1v) is 7.30. The van der Waals surface area contributed by atoms with Crippen molar-refractivity contribution in [2.24, 2.45) is 5.92 Å². The van der Waals surface area contributed by atoms with Crippen molar-refractivity contribution in [2.45, 2.75) is 71.9 Å². The van der Waals surface area contributed by atoms with Crippen molar-refractivity contribution in [3.8, 4) is 0 Å². The largest absolute Gasteiger partial charge is 0.392 e. The summed E-state index contributed by atoms with van der Waals surface area (Å²) in [7, 11) is 0. The van der Waals surface area contributed by atoms with Gasteiger partial charge in [0.1, 0.15) is 0 Å². The van der Waals surface area contributed by atoms with Crippen LogP contribution in [0.3, 0.4) is 0 Å². The second-order valence-corrected chi connectivity index (χ2v) is 5.49. The third kappa shape index (κ3) is 4.45. The normalized spacial score (nSPS) is 13.5. The summed E-state index contributed by atoms with van der Waals surface area (Å²) in [5, 5.41) is 14.8. The van der Waals surface area contributed by atoms with E-state index in [-0.39, 0.29) is 6.10 Å². The highest BCUT2D eigenvalue weighted by atomic mass is 16.3. The summed E-state index contributed by atoms with van der Waals surface area (Å²) in [6.07, 6.45) is 6.94. The van der Waals surface area contributed by atoms with Gasteiger partial charge in [0, 0.05) is 18.7 Å². The molecule has 1 aromatic rings.